The average Bonchev–Trinajstić information content (AvgIpc) is 3.46. The number of benzene rings is 1. The molecule has 2 aliphatic carbocycles. The Hall–Kier alpha value is -2.63. The number of anilines is 1. The van der Waals surface area contributed by atoms with E-state index in [0.29, 0.717) is 23.1 Å². The molecule has 0 bridgehead atoms. The fourth-order valence-electron chi connectivity index (χ4n) is 3.39. The highest BCUT2D eigenvalue weighted by Gasteiger charge is 2.43. The molecule has 1 unspecified atom stereocenters. The number of amides is 4. The van der Waals surface area contributed by atoms with Crippen LogP contribution < -0.4 is 16.0 Å². The van der Waals surface area contributed by atoms with Crippen LogP contribution >= 0.6 is 0 Å². The first kappa shape index (κ1) is 15.9. The van der Waals surface area contributed by atoms with E-state index in [9.17, 15) is 14.4 Å². The van der Waals surface area contributed by atoms with Crippen molar-refractivity contribution < 1.29 is 14.4 Å². The van der Waals surface area contributed by atoms with Crippen LogP contribution in [0.1, 0.15) is 38.2 Å². The largest absolute Gasteiger partial charge is 0.323 e. The standard InChI is InChI=1S/C19H21N3O3/c1-19(17(24)21-18(25)22-19)13-3-2-4-14(9-13)20-16(23)10-15(11-5-6-11)12-7-8-12/h2-4,9-12H,5-8H2,1H3,(H,20,23)(H2,21,22,24,25). The van der Waals surface area contributed by atoms with E-state index in [-0.39, 0.29) is 5.91 Å². The number of allylic oxidation sites excluding steroid dienone is 1. The first-order chi connectivity index (χ1) is 12.0. The Morgan fingerprint density at radius 3 is 2.44 bits per heavy atom. The summed E-state index contributed by atoms with van der Waals surface area (Å²) >= 11 is 0. The summed E-state index contributed by atoms with van der Waals surface area (Å²) in [4.78, 5) is 35.9. The lowest BCUT2D eigenvalue weighted by Crippen LogP contribution is -2.40. The van der Waals surface area contributed by atoms with Crippen LogP contribution in [0.2, 0.25) is 0 Å². The van der Waals surface area contributed by atoms with Gasteiger partial charge in [-0.2, -0.15) is 0 Å². The predicted octanol–water partition coefficient (Wildman–Crippen LogP) is 2.43. The third-order valence-electron chi connectivity index (χ3n) is 5.15. The van der Waals surface area contributed by atoms with Gasteiger partial charge in [0, 0.05) is 11.8 Å². The highest BCUT2D eigenvalue weighted by molar-refractivity contribution is 6.07. The van der Waals surface area contributed by atoms with Gasteiger partial charge in [-0.05, 0) is 62.1 Å². The van der Waals surface area contributed by atoms with Gasteiger partial charge in [-0.15, -0.1) is 0 Å². The number of imide groups is 1. The predicted molar refractivity (Wildman–Crippen MR) is 92.6 cm³/mol. The maximum absolute atomic E-state index is 12.4. The number of carbonyl (C=O) groups excluding carboxylic acids is 3. The smallest absolute Gasteiger partial charge is 0.322 e. The zero-order valence-electron chi connectivity index (χ0n) is 14.1. The molecule has 1 aromatic rings. The van der Waals surface area contributed by atoms with Gasteiger partial charge < -0.3 is 10.6 Å². The van der Waals surface area contributed by atoms with Crippen molar-refractivity contribution in [3.05, 3.63) is 41.5 Å². The van der Waals surface area contributed by atoms with Crippen molar-refractivity contribution in [1.82, 2.24) is 10.6 Å². The van der Waals surface area contributed by atoms with Crippen LogP contribution in [0.25, 0.3) is 0 Å². The Balaban J connectivity index is 1.52. The fraction of sp³-hybridized carbons (Fsp3) is 0.421. The summed E-state index contributed by atoms with van der Waals surface area (Å²) in [5.41, 5.74) is 1.41. The maximum atomic E-state index is 12.4. The molecule has 1 saturated heterocycles. The Morgan fingerprint density at radius 1 is 1.20 bits per heavy atom. The van der Waals surface area contributed by atoms with Crippen molar-refractivity contribution in [1.29, 1.82) is 0 Å². The molecule has 3 fully saturated rings. The third-order valence-corrected chi connectivity index (χ3v) is 5.15. The van der Waals surface area contributed by atoms with E-state index in [1.807, 2.05) is 0 Å². The molecular weight excluding hydrogens is 318 g/mol. The van der Waals surface area contributed by atoms with E-state index in [0.717, 1.165) is 0 Å². The van der Waals surface area contributed by atoms with Gasteiger partial charge in [0.15, 0.2) is 0 Å². The van der Waals surface area contributed by atoms with E-state index in [4.69, 9.17) is 0 Å². The fourth-order valence-corrected chi connectivity index (χ4v) is 3.39. The molecule has 2 saturated carbocycles. The highest BCUT2D eigenvalue weighted by atomic mass is 16.2. The summed E-state index contributed by atoms with van der Waals surface area (Å²) in [6.07, 6.45) is 6.53. The summed E-state index contributed by atoms with van der Waals surface area (Å²) in [6.45, 7) is 1.65. The average molecular weight is 339 g/mol. The Bertz CT molecular complexity index is 779. The molecule has 1 atom stereocenters. The SMILES string of the molecule is CC1(c2cccc(NC(=O)C=C(C3CC3)C3CC3)c2)NC(=O)NC1=O. The highest BCUT2D eigenvalue weighted by Crippen LogP contribution is 2.48. The number of urea groups is 1. The van der Waals surface area contributed by atoms with Crippen LogP contribution in [0.3, 0.4) is 0 Å². The summed E-state index contributed by atoms with van der Waals surface area (Å²) < 4.78 is 0. The summed E-state index contributed by atoms with van der Waals surface area (Å²) in [6, 6.07) is 6.52. The second-order valence-corrected chi connectivity index (χ2v) is 7.30. The lowest BCUT2D eigenvalue weighted by atomic mass is 9.92. The van der Waals surface area contributed by atoms with E-state index in [2.05, 4.69) is 16.0 Å². The number of hydrogen-bond donors (Lipinski definition) is 3. The first-order valence-electron chi connectivity index (χ1n) is 8.72. The topological polar surface area (TPSA) is 87.3 Å². The number of nitrogens with one attached hydrogen (secondary N) is 3. The van der Waals surface area contributed by atoms with Crippen molar-refractivity contribution in [2.75, 3.05) is 5.32 Å². The lowest BCUT2D eigenvalue weighted by molar-refractivity contribution is -0.123. The first-order valence-corrected chi connectivity index (χ1v) is 8.72. The maximum Gasteiger partial charge on any atom is 0.322 e. The van der Waals surface area contributed by atoms with Gasteiger partial charge in [-0.1, -0.05) is 17.7 Å². The van der Waals surface area contributed by atoms with Gasteiger partial charge in [0.2, 0.25) is 5.91 Å². The van der Waals surface area contributed by atoms with E-state index in [1.54, 1.807) is 37.3 Å². The van der Waals surface area contributed by atoms with Gasteiger partial charge >= 0.3 is 6.03 Å². The molecule has 1 heterocycles. The molecule has 6 nitrogen and oxygen atoms in total. The molecule has 130 valence electrons. The molecule has 4 rings (SSSR count). The van der Waals surface area contributed by atoms with Crippen molar-refractivity contribution in [3.63, 3.8) is 0 Å². The summed E-state index contributed by atoms with van der Waals surface area (Å²) in [5.74, 6) is 0.670. The molecule has 1 aromatic carbocycles. The van der Waals surface area contributed by atoms with Crippen LogP contribution in [-0.4, -0.2) is 17.8 Å². The second-order valence-electron chi connectivity index (χ2n) is 7.30. The van der Waals surface area contributed by atoms with Gasteiger partial charge in [-0.3, -0.25) is 14.9 Å². The Morgan fingerprint density at radius 2 is 1.88 bits per heavy atom. The molecule has 0 spiro atoms. The van der Waals surface area contributed by atoms with E-state index < -0.39 is 17.5 Å². The quantitative estimate of drug-likeness (QED) is 0.569. The number of rotatable bonds is 5. The Kier molecular flexibility index (Phi) is 3.63. The number of hydrogen-bond acceptors (Lipinski definition) is 3. The normalized spacial score (nSPS) is 25.2. The molecule has 3 N–H and O–H groups in total. The zero-order valence-corrected chi connectivity index (χ0v) is 14.1. The second kappa shape index (κ2) is 5.72. The van der Waals surface area contributed by atoms with Crippen LogP contribution in [0.15, 0.2) is 35.9 Å². The van der Waals surface area contributed by atoms with Crippen LogP contribution in [-0.2, 0) is 15.1 Å². The summed E-state index contributed by atoms with van der Waals surface area (Å²) in [5, 5.41) is 7.76. The van der Waals surface area contributed by atoms with Crippen molar-refractivity contribution >= 4 is 23.5 Å². The van der Waals surface area contributed by atoms with Crippen LogP contribution in [0.4, 0.5) is 10.5 Å². The molecule has 25 heavy (non-hydrogen) atoms. The third kappa shape index (κ3) is 3.16. The van der Waals surface area contributed by atoms with E-state index >= 15 is 0 Å². The lowest BCUT2D eigenvalue weighted by Gasteiger charge is -2.21. The van der Waals surface area contributed by atoms with Crippen molar-refractivity contribution in [2.24, 2.45) is 11.8 Å². The molecule has 0 aromatic heterocycles. The van der Waals surface area contributed by atoms with Gasteiger partial charge in [0.1, 0.15) is 5.54 Å². The number of carbonyl (C=O) groups is 3. The minimum atomic E-state index is -1.12. The Labute approximate surface area is 146 Å². The van der Waals surface area contributed by atoms with Crippen molar-refractivity contribution in [2.45, 2.75) is 38.1 Å². The minimum Gasteiger partial charge on any atom is -0.323 e. The van der Waals surface area contributed by atoms with Crippen LogP contribution in [0.5, 0.6) is 0 Å². The van der Waals surface area contributed by atoms with Crippen molar-refractivity contribution in [3.8, 4) is 0 Å². The minimum absolute atomic E-state index is 0.129. The molecule has 0 radical (unpaired) electrons. The molecular formula is C19H21N3O3. The van der Waals surface area contributed by atoms with Gasteiger partial charge in [0.05, 0.1) is 0 Å². The molecule has 3 aliphatic rings. The van der Waals surface area contributed by atoms with Crippen LogP contribution in [0, 0.1) is 11.8 Å². The monoisotopic (exact) mass is 339 g/mol. The van der Waals surface area contributed by atoms with Gasteiger partial charge in [0.25, 0.3) is 5.91 Å². The molecule has 4 amide bonds. The van der Waals surface area contributed by atoms with Gasteiger partial charge in [-0.25, -0.2) is 4.79 Å². The zero-order chi connectivity index (χ0) is 17.6. The molecule has 1 aliphatic heterocycles. The summed E-state index contributed by atoms with van der Waals surface area (Å²) in [7, 11) is 0. The molecule has 6 heteroatoms. The van der Waals surface area contributed by atoms with E-state index in [1.165, 1.54) is 31.3 Å².